The van der Waals surface area contributed by atoms with E-state index in [4.69, 9.17) is 0 Å². The maximum Gasteiger partial charge on any atom is -0.0351 e. The Bertz CT molecular complexity index is 204. The van der Waals surface area contributed by atoms with Crippen LogP contribution in [0.15, 0.2) is 12.2 Å². The molecule has 0 heterocycles. The molecule has 0 heteroatoms. The van der Waals surface area contributed by atoms with Gasteiger partial charge in [0.2, 0.25) is 0 Å². The first kappa shape index (κ1) is 20.7. The van der Waals surface area contributed by atoms with Gasteiger partial charge in [0.05, 0.1) is 0 Å². The Morgan fingerprint density at radius 2 is 1.00 bits per heavy atom. The lowest BCUT2D eigenvalue weighted by molar-refractivity contribution is 0.438. The summed E-state index contributed by atoms with van der Waals surface area (Å²) in [6.45, 7) is 7.02. The third-order valence-corrected chi connectivity index (χ3v) is 4.51. The molecule has 0 aliphatic rings. The molecule has 0 aromatic heterocycles. The molecule has 0 N–H and O–H groups in total. The second kappa shape index (κ2) is 17.8. The van der Waals surface area contributed by atoms with Gasteiger partial charge in [0.15, 0.2) is 0 Å². The second-order valence-electron chi connectivity index (χ2n) is 6.91. The molecule has 21 heavy (non-hydrogen) atoms. The first-order valence-electron chi connectivity index (χ1n) is 9.96. The van der Waals surface area contributed by atoms with Crippen LogP contribution in [0.1, 0.15) is 117 Å². The smallest absolute Gasteiger partial charge is 0.0351 e. The molecule has 0 aliphatic carbocycles. The van der Waals surface area contributed by atoms with Gasteiger partial charge in [-0.25, -0.2) is 0 Å². The van der Waals surface area contributed by atoms with Crippen molar-refractivity contribution >= 4 is 0 Å². The topological polar surface area (TPSA) is 0 Å². The van der Waals surface area contributed by atoms with E-state index in [1.54, 1.807) is 0 Å². The minimum Gasteiger partial charge on any atom is -0.0885 e. The molecule has 0 saturated heterocycles. The van der Waals surface area contributed by atoms with E-state index < -0.39 is 0 Å². The zero-order chi connectivity index (χ0) is 15.6. The lowest BCUT2D eigenvalue weighted by atomic mass is 9.96. The van der Waals surface area contributed by atoms with Gasteiger partial charge >= 0.3 is 0 Å². The van der Waals surface area contributed by atoms with Gasteiger partial charge < -0.3 is 0 Å². The summed E-state index contributed by atoms with van der Waals surface area (Å²) in [6.07, 6.45) is 25.9. The molecule has 0 aromatic carbocycles. The third-order valence-electron chi connectivity index (χ3n) is 4.51. The molecule has 0 bridgehead atoms. The summed E-state index contributed by atoms with van der Waals surface area (Å²) in [5.74, 6) is 0.949. The minimum atomic E-state index is 0.949. The fourth-order valence-electron chi connectivity index (χ4n) is 2.92. The molecule has 0 amide bonds. The van der Waals surface area contributed by atoms with Crippen LogP contribution in [0.3, 0.4) is 0 Å². The van der Waals surface area contributed by atoms with Crippen LogP contribution in [0, 0.1) is 5.92 Å². The molecule has 126 valence electrons. The van der Waals surface area contributed by atoms with E-state index in [2.05, 4.69) is 32.9 Å². The van der Waals surface area contributed by atoms with E-state index in [0.29, 0.717) is 0 Å². The molecule has 1 unspecified atom stereocenters. The SMILES string of the molecule is CCCCC/C=C/CCCCC(C)CCCCCCCC. The van der Waals surface area contributed by atoms with Crippen LogP contribution in [0.2, 0.25) is 0 Å². The van der Waals surface area contributed by atoms with E-state index in [9.17, 15) is 0 Å². The monoisotopic (exact) mass is 294 g/mol. The highest BCUT2D eigenvalue weighted by molar-refractivity contribution is 4.81. The van der Waals surface area contributed by atoms with Crippen molar-refractivity contribution in [1.82, 2.24) is 0 Å². The van der Waals surface area contributed by atoms with Crippen molar-refractivity contribution in [2.24, 2.45) is 5.92 Å². The van der Waals surface area contributed by atoms with E-state index in [0.717, 1.165) is 5.92 Å². The predicted molar refractivity (Wildman–Crippen MR) is 98.9 cm³/mol. The number of allylic oxidation sites excluding steroid dienone is 2. The van der Waals surface area contributed by atoms with Gasteiger partial charge in [-0.15, -0.1) is 0 Å². The first-order chi connectivity index (χ1) is 10.3. The van der Waals surface area contributed by atoms with E-state index >= 15 is 0 Å². The summed E-state index contributed by atoms with van der Waals surface area (Å²) >= 11 is 0. The van der Waals surface area contributed by atoms with Crippen molar-refractivity contribution in [3.63, 3.8) is 0 Å². The molecular weight excluding hydrogens is 252 g/mol. The van der Waals surface area contributed by atoms with Crippen LogP contribution >= 0.6 is 0 Å². The normalized spacial score (nSPS) is 13.1. The summed E-state index contributed by atoms with van der Waals surface area (Å²) in [7, 11) is 0. The van der Waals surface area contributed by atoms with Crippen molar-refractivity contribution in [2.75, 3.05) is 0 Å². The maximum absolute atomic E-state index is 2.45. The van der Waals surface area contributed by atoms with Crippen molar-refractivity contribution < 1.29 is 0 Å². The van der Waals surface area contributed by atoms with Crippen molar-refractivity contribution in [3.05, 3.63) is 12.2 Å². The van der Waals surface area contributed by atoms with Gasteiger partial charge in [0.25, 0.3) is 0 Å². The molecule has 0 spiro atoms. The Balaban J connectivity index is 3.20. The van der Waals surface area contributed by atoms with Gasteiger partial charge in [-0.05, 0) is 31.6 Å². The van der Waals surface area contributed by atoms with Crippen LogP contribution in [0.25, 0.3) is 0 Å². The van der Waals surface area contributed by atoms with Crippen LogP contribution in [0.4, 0.5) is 0 Å². The molecule has 0 fully saturated rings. The first-order valence-corrected chi connectivity index (χ1v) is 9.96. The number of unbranched alkanes of at least 4 members (excludes halogenated alkanes) is 10. The second-order valence-corrected chi connectivity index (χ2v) is 6.91. The fraction of sp³-hybridized carbons (Fsp3) is 0.905. The van der Waals surface area contributed by atoms with Crippen molar-refractivity contribution in [3.8, 4) is 0 Å². The van der Waals surface area contributed by atoms with Gasteiger partial charge in [-0.2, -0.15) is 0 Å². The highest BCUT2D eigenvalue weighted by atomic mass is 14.1. The molecule has 0 aliphatic heterocycles. The van der Waals surface area contributed by atoms with Gasteiger partial charge in [-0.3, -0.25) is 0 Å². The van der Waals surface area contributed by atoms with Crippen LogP contribution in [0.5, 0.6) is 0 Å². The molecule has 1 atom stereocenters. The summed E-state index contributed by atoms with van der Waals surface area (Å²) in [4.78, 5) is 0. The fourth-order valence-corrected chi connectivity index (χ4v) is 2.92. The molecule has 0 nitrogen and oxygen atoms in total. The van der Waals surface area contributed by atoms with E-state index in [-0.39, 0.29) is 0 Å². The molecule has 0 saturated carbocycles. The lowest BCUT2D eigenvalue weighted by Crippen LogP contribution is -1.95. The summed E-state index contributed by atoms with van der Waals surface area (Å²) in [5, 5.41) is 0. The van der Waals surface area contributed by atoms with Crippen molar-refractivity contribution in [2.45, 2.75) is 117 Å². The Hall–Kier alpha value is -0.260. The van der Waals surface area contributed by atoms with Crippen molar-refractivity contribution in [1.29, 1.82) is 0 Å². The average molecular weight is 295 g/mol. The van der Waals surface area contributed by atoms with E-state index in [1.807, 2.05) is 0 Å². The standard InChI is InChI=1S/C21H42/c1-4-6-8-10-12-13-14-16-18-20-21(3)19-17-15-11-9-7-5-2/h12-13,21H,4-11,14-20H2,1-3H3/b13-12+. The maximum atomic E-state index is 2.45. The highest BCUT2D eigenvalue weighted by Crippen LogP contribution is 2.17. The predicted octanol–water partition coefficient (Wildman–Crippen LogP) is 8.07. The van der Waals surface area contributed by atoms with Gasteiger partial charge in [-0.1, -0.05) is 104 Å². The average Bonchev–Trinajstić information content (AvgIpc) is 2.49. The Labute approximate surface area is 135 Å². The quantitative estimate of drug-likeness (QED) is 0.199. The Morgan fingerprint density at radius 1 is 0.571 bits per heavy atom. The summed E-state index contributed by atoms with van der Waals surface area (Å²) in [5.41, 5.74) is 0. The van der Waals surface area contributed by atoms with E-state index in [1.165, 1.54) is 96.3 Å². The zero-order valence-corrected chi connectivity index (χ0v) is 15.3. The molecule has 0 rings (SSSR count). The summed E-state index contributed by atoms with van der Waals surface area (Å²) < 4.78 is 0. The Kier molecular flexibility index (Phi) is 17.6. The summed E-state index contributed by atoms with van der Waals surface area (Å²) in [6, 6.07) is 0. The van der Waals surface area contributed by atoms with Gasteiger partial charge in [0, 0.05) is 0 Å². The minimum absolute atomic E-state index is 0.949. The molecule has 0 radical (unpaired) electrons. The number of rotatable bonds is 16. The molecule has 0 aromatic rings. The Morgan fingerprint density at radius 3 is 1.62 bits per heavy atom. The van der Waals surface area contributed by atoms with Crippen LogP contribution in [-0.2, 0) is 0 Å². The zero-order valence-electron chi connectivity index (χ0n) is 15.3. The lowest BCUT2D eigenvalue weighted by Gasteiger charge is -2.10. The van der Waals surface area contributed by atoms with Gasteiger partial charge in [0.1, 0.15) is 0 Å². The highest BCUT2D eigenvalue weighted by Gasteiger charge is 2.01. The third kappa shape index (κ3) is 17.7. The largest absolute Gasteiger partial charge is 0.0885 e. The number of hydrogen-bond acceptors (Lipinski definition) is 0. The number of hydrogen-bond donors (Lipinski definition) is 0. The molecular formula is C21H42. The van der Waals surface area contributed by atoms with Crippen LogP contribution in [-0.4, -0.2) is 0 Å². The van der Waals surface area contributed by atoms with Crippen LogP contribution < -0.4 is 0 Å².